The smallest absolute Gasteiger partial charge is 0.253 e. The number of carbonyl (C=O) groups excluding carboxylic acids is 2. The maximum atomic E-state index is 12.5. The van der Waals surface area contributed by atoms with Gasteiger partial charge in [0.1, 0.15) is 5.78 Å². The van der Waals surface area contributed by atoms with Crippen molar-refractivity contribution in [2.75, 3.05) is 13.1 Å². The van der Waals surface area contributed by atoms with Crippen molar-refractivity contribution in [3.63, 3.8) is 0 Å². The van der Waals surface area contributed by atoms with E-state index in [0.29, 0.717) is 30.9 Å². The van der Waals surface area contributed by atoms with E-state index in [9.17, 15) is 9.59 Å². The number of nitrogens with zero attached hydrogens (tertiary/aromatic N) is 2. The molecule has 0 spiro atoms. The molecule has 21 heavy (non-hydrogen) atoms. The predicted molar refractivity (Wildman–Crippen MR) is 80.0 cm³/mol. The minimum absolute atomic E-state index is 0.0360. The fourth-order valence-electron chi connectivity index (χ4n) is 2.94. The van der Waals surface area contributed by atoms with Gasteiger partial charge in [-0.2, -0.15) is 0 Å². The molecule has 0 bridgehead atoms. The molecule has 0 radical (unpaired) electrons. The van der Waals surface area contributed by atoms with E-state index in [1.165, 1.54) is 0 Å². The molecule has 110 valence electrons. The Morgan fingerprint density at radius 1 is 1.33 bits per heavy atom. The lowest BCUT2D eigenvalue weighted by atomic mass is 9.91. The van der Waals surface area contributed by atoms with Gasteiger partial charge in [0.15, 0.2) is 0 Å². The number of carbonyl (C=O) groups is 2. The second kappa shape index (κ2) is 5.68. The Hall–Kier alpha value is -2.17. The van der Waals surface area contributed by atoms with Crippen LogP contribution in [0.15, 0.2) is 24.5 Å². The average Bonchev–Trinajstić information content (AvgIpc) is 3.01. The number of piperidine rings is 1. The number of hydrogen-bond acceptors (Lipinski definition) is 3. The molecule has 1 saturated heterocycles. The first-order valence-corrected chi connectivity index (χ1v) is 7.44. The Balaban J connectivity index is 1.70. The molecule has 2 heterocycles. The summed E-state index contributed by atoms with van der Waals surface area (Å²) in [5.41, 5.74) is 2.41. The molecule has 1 fully saturated rings. The van der Waals surface area contributed by atoms with Crippen LogP contribution in [0.2, 0.25) is 0 Å². The Morgan fingerprint density at radius 2 is 2.10 bits per heavy atom. The highest BCUT2D eigenvalue weighted by atomic mass is 16.2. The topological polar surface area (TPSA) is 66.1 Å². The summed E-state index contributed by atoms with van der Waals surface area (Å²) in [6, 6.07) is 5.51. The van der Waals surface area contributed by atoms with E-state index in [4.69, 9.17) is 0 Å². The number of H-pyrrole nitrogens is 1. The summed E-state index contributed by atoms with van der Waals surface area (Å²) in [5, 5.41) is 0. The zero-order valence-electron chi connectivity index (χ0n) is 12.1. The lowest BCUT2D eigenvalue weighted by molar-refractivity contribution is -0.123. The van der Waals surface area contributed by atoms with E-state index in [2.05, 4.69) is 9.97 Å². The number of rotatable bonds is 3. The molecule has 1 amide bonds. The van der Waals surface area contributed by atoms with Crippen LogP contribution in [-0.4, -0.2) is 39.6 Å². The minimum Gasteiger partial charge on any atom is -0.345 e. The van der Waals surface area contributed by atoms with E-state index >= 15 is 0 Å². The quantitative estimate of drug-likeness (QED) is 0.941. The Labute approximate surface area is 123 Å². The van der Waals surface area contributed by atoms with Crippen LogP contribution in [0.3, 0.4) is 0 Å². The predicted octanol–water partition coefficient (Wildman–Crippen LogP) is 2.39. The molecule has 3 rings (SSSR count). The van der Waals surface area contributed by atoms with Gasteiger partial charge < -0.3 is 9.88 Å². The van der Waals surface area contributed by atoms with Gasteiger partial charge in [0, 0.05) is 31.0 Å². The number of nitrogens with one attached hydrogen (secondary N) is 1. The maximum absolute atomic E-state index is 12.5. The van der Waals surface area contributed by atoms with Gasteiger partial charge in [0.2, 0.25) is 0 Å². The second-order valence-corrected chi connectivity index (χ2v) is 5.52. The molecule has 1 aliphatic rings. The molecule has 1 aromatic heterocycles. The molecule has 0 saturated carbocycles. The van der Waals surface area contributed by atoms with Crippen molar-refractivity contribution >= 4 is 22.7 Å². The monoisotopic (exact) mass is 285 g/mol. The molecule has 0 aliphatic carbocycles. The number of amides is 1. The zero-order valence-corrected chi connectivity index (χ0v) is 12.1. The largest absolute Gasteiger partial charge is 0.345 e. The van der Waals surface area contributed by atoms with Crippen LogP contribution in [-0.2, 0) is 4.79 Å². The summed E-state index contributed by atoms with van der Waals surface area (Å²) in [6.45, 7) is 3.23. The highest BCUT2D eigenvalue weighted by molar-refractivity contribution is 5.97. The van der Waals surface area contributed by atoms with Crippen LogP contribution < -0.4 is 0 Å². The molecule has 1 aromatic carbocycles. The highest BCUT2D eigenvalue weighted by Gasteiger charge is 2.26. The maximum Gasteiger partial charge on any atom is 0.253 e. The Bertz CT molecular complexity index is 669. The molecular formula is C16H19N3O2. The van der Waals surface area contributed by atoms with Gasteiger partial charge in [0.25, 0.3) is 5.91 Å². The number of ketones is 1. The van der Waals surface area contributed by atoms with Crippen molar-refractivity contribution < 1.29 is 9.59 Å². The number of benzene rings is 1. The van der Waals surface area contributed by atoms with Crippen molar-refractivity contribution in [3.05, 3.63) is 30.1 Å². The van der Waals surface area contributed by atoms with Gasteiger partial charge in [-0.3, -0.25) is 9.59 Å². The highest BCUT2D eigenvalue weighted by Crippen LogP contribution is 2.21. The van der Waals surface area contributed by atoms with Gasteiger partial charge in [-0.15, -0.1) is 0 Å². The molecule has 2 aromatic rings. The standard InChI is InChI=1S/C16H19N3O2/c1-2-15(20)11-5-7-19(8-6-11)16(21)12-3-4-13-14(9-12)18-10-17-13/h3-4,9-11H,2,5-8H2,1H3,(H,17,18). The van der Waals surface area contributed by atoms with Crippen LogP contribution in [0.5, 0.6) is 0 Å². The molecule has 5 heteroatoms. The first kappa shape index (κ1) is 13.8. The normalized spacial score (nSPS) is 16.3. The van der Waals surface area contributed by atoms with E-state index in [1.807, 2.05) is 30.0 Å². The number of Topliss-reactive ketones (excluding diaryl/α,β-unsaturated/α-hetero) is 1. The van der Waals surface area contributed by atoms with E-state index in [0.717, 1.165) is 23.9 Å². The van der Waals surface area contributed by atoms with Gasteiger partial charge in [-0.05, 0) is 31.0 Å². The average molecular weight is 285 g/mol. The lowest BCUT2D eigenvalue weighted by Crippen LogP contribution is -2.40. The number of aromatic nitrogens is 2. The Kier molecular flexibility index (Phi) is 3.73. The second-order valence-electron chi connectivity index (χ2n) is 5.52. The van der Waals surface area contributed by atoms with Crippen molar-refractivity contribution in [3.8, 4) is 0 Å². The van der Waals surface area contributed by atoms with E-state index in [-0.39, 0.29) is 11.8 Å². The Morgan fingerprint density at radius 3 is 2.81 bits per heavy atom. The molecule has 5 nitrogen and oxygen atoms in total. The van der Waals surface area contributed by atoms with Gasteiger partial charge >= 0.3 is 0 Å². The number of hydrogen-bond donors (Lipinski definition) is 1. The van der Waals surface area contributed by atoms with Crippen molar-refractivity contribution in [2.45, 2.75) is 26.2 Å². The van der Waals surface area contributed by atoms with Crippen LogP contribution in [0.25, 0.3) is 11.0 Å². The number of likely N-dealkylation sites (tertiary alicyclic amines) is 1. The fraction of sp³-hybridized carbons (Fsp3) is 0.438. The third-order valence-corrected chi connectivity index (χ3v) is 4.25. The SMILES string of the molecule is CCC(=O)C1CCN(C(=O)c2ccc3nc[nH]c3c2)CC1. The van der Waals surface area contributed by atoms with Gasteiger partial charge in [0.05, 0.1) is 17.4 Å². The molecule has 0 atom stereocenters. The summed E-state index contributed by atoms with van der Waals surface area (Å²) in [6.07, 6.45) is 3.78. The third-order valence-electron chi connectivity index (χ3n) is 4.25. The first-order valence-electron chi connectivity index (χ1n) is 7.44. The van der Waals surface area contributed by atoms with Gasteiger partial charge in [-0.1, -0.05) is 6.92 Å². The zero-order chi connectivity index (χ0) is 14.8. The minimum atomic E-state index is 0.0360. The molecule has 1 N–H and O–H groups in total. The van der Waals surface area contributed by atoms with Crippen molar-refractivity contribution in [2.24, 2.45) is 5.92 Å². The number of aromatic amines is 1. The molecule has 1 aliphatic heterocycles. The number of fused-ring (bicyclic) bond motifs is 1. The van der Waals surface area contributed by atoms with Gasteiger partial charge in [-0.25, -0.2) is 4.98 Å². The third kappa shape index (κ3) is 2.68. The summed E-state index contributed by atoms with van der Waals surface area (Å²) < 4.78 is 0. The number of imidazole rings is 1. The van der Waals surface area contributed by atoms with Crippen LogP contribution >= 0.6 is 0 Å². The van der Waals surface area contributed by atoms with E-state index in [1.54, 1.807) is 6.33 Å². The first-order chi connectivity index (χ1) is 10.2. The lowest BCUT2D eigenvalue weighted by Gasteiger charge is -2.31. The molecular weight excluding hydrogens is 266 g/mol. The van der Waals surface area contributed by atoms with Crippen molar-refractivity contribution in [1.82, 2.24) is 14.9 Å². The van der Waals surface area contributed by atoms with Crippen LogP contribution in [0.1, 0.15) is 36.5 Å². The van der Waals surface area contributed by atoms with Crippen LogP contribution in [0, 0.1) is 5.92 Å². The summed E-state index contributed by atoms with van der Waals surface area (Å²) in [5.74, 6) is 0.490. The fourth-order valence-corrected chi connectivity index (χ4v) is 2.94. The molecule has 0 unspecified atom stereocenters. The summed E-state index contributed by atoms with van der Waals surface area (Å²) in [4.78, 5) is 33.3. The summed E-state index contributed by atoms with van der Waals surface area (Å²) in [7, 11) is 0. The van der Waals surface area contributed by atoms with Crippen LogP contribution in [0.4, 0.5) is 0 Å². The van der Waals surface area contributed by atoms with E-state index < -0.39 is 0 Å². The summed E-state index contributed by atoms with van der Waals surface area (Å²) >= 11 is 0. The van der Waals surface area contributed by atoms with Crippen molar-refractivity contribution in [1.29, 1.82) is 0 Å².